The van der Waals surface area contributed by atoms with Gasteiger partial charge in [0.15, 0.2) is 6.23 Å². The van der Waals surface area contributed by atoms with Crippen LogP contribution >= 0.6 is 0 Å². The number of ether oxygens (including phenoxy) is 1. The lowest BCUT2D eigenvalue weighted by Gasteiger charge is -2.24. The Morgan fingerprint density at radius 1 is 1.30 bits per heavy atom. The molecule has 1 fully saturated rings. The van der Waals surface area contributed by atoms with Crippen LogP contribution < -0.4 is 0 Å². The molecule has 2 aromatic heterocycles. The van der Waals surface area contributed by atoms with Gasteiger partial charge in [-0.05, 0) is 49.3 Å². The van der Waals surface area contributed by atoms with E-state index < -0.39 is 0 Å². The largest absolute Gasteiger partial charge is 0.356 e. The molecule has 2 aliphatic rings. The summed E-state index contributed by atoms with van der Waals surface area (Å²) in [5, 5.41) is 4.39. The highest BCUT2D eigenvalue weighted by Crippen LogP contribution is 2.36. The molecule has 5 nitrogen and oxygen atoms in total. The summed E-state index contributed by atoms with van der Waals surface area (Å²) < 4.78 is 21.7. The van der Waals surface area contributed by atoms with Crippen LogP contribution in [-0.4, -0.2) is 27.7 Å². The van der Waals surface area contributed by atoms with Crippen LogP contribution in [0.15, 0.2) is 18.5 Å². The van der Waals surface area contributed by atoms with Crippen molar-refractivity contribution < 1.29 is 13.9 Å². The zero-order valence-corrected chi connectivity index (χ0v) is 12.7. The smallest absolute Gasteiger partial charge is 0.150 e. The van der Waals surface area contributed by atoms with Crippen LogP contribution in [0.5, 0.6) is 0 Å². The van der Waals surface area contributed by atoms with Gasteiger partial charge in [0.25, 0.3) is 0 Å². The summed E-state index contributed by atoms with van der Waals surface area (Å²) >= 11 is 0. The maximum atomic E-state index is 14.1. The van der Waals surface area contributed by atoms with Crippen molar-refractivity contribution in [1.82, 2.24) is 14.8 Å². The van der Waals surface area contributed by atoms with Crippen LogP contribution in [0.3, 0.4) is 0 Å². The van der Waals surface area contributed by atoms with E-state index in [2.05, 4.69) is 10.1 Å². The fraction of sp³-hybridized carbons (Fsp3) is 0.471. The molecule has 3 heterocycles. The van der Waals surface area contributed by atoms with Gasteiger partial charge in [0.1, 0.15) is 12.1 Å². The first kappa shape index (κ1) is 14.5. The molecule has 1 aliphatic carbocycles. The van der Waals surface area contributed by atoms with Crippen molar-refractivity contribution in [1.29, 1.82) is 0 Å². The molecule has 0 saturated carbocycles. The number of hydrogen-bond donors (Lipinski definition) is 0. The molecule has 0 aromatic carbocycles. The van der Waals surface area contributed by atoms with Crippen LogP contribution in [0.2, 0.25) is 0 Å². The first-order chi connectivity index (χ1) is 11.3. The van der Waals surface area contributed by atoms with E-state index in [0.717, 1.165) is 49.1 Å². The van der Waals surface area contributed by atoms with Crippen molar-refractivity contribution in [2.45, 2.75) is 38.3 Å². The number of fused-ring (bicyclic) bond motifs is 1. The molecule has 6 heteroatoms. The van der Waals surface area contributed by atoms with Crippen molar-refractivity contribution in [3.63, 3.8) is 0 Å². The topological polar surface area (TPSA) is 57.0 Å². The van der Waals surface area contributed by atoms with Crippen LogP contribution in [0.25, 0.3) is 11.4 Å². The summed E-state index contributed by atoms with van der Waals surface area (Å²) in [5.74, 6) is -0.488. The standard InChI is InChI=1S/C17H18FN3O2/c18-14-9-19-17(13-8-11(10-22)7-12(13)14)15-4-5-20-21(15)16-3-1-2-6-23-16/h4-5,9-11,16H,1-3,6-8H2. The maximum absolute atomic E-state index is 14.1. The normalized spacial score (nSPS) is 23.7. The van der Waals surface area contributed by atoms with Gasteiger partial charge < -0.3 is 9.53 Å². The summed E-state index contributed by atoms with van der Waals surface area (Å²) in [7, 11) is 0. The summed E-state index contributed by atoms with van der Waals surface area (Å²) in [6.07, 6.45) is 7.85. The Bertz CT molecular complexity index is 737. The first-order valence-corrected chi connectivity index (χ1v) is 8.05. The number of pyridine rings is 1. The highest BCUT2D eigenvalue weighted by Gasteiger charge is 2.30. The minimum Gasteiger partial charge on any atom is -0.356 e. The lowest BCUT2D eigenvalue weighted by molar-refractivity contribution is -0.110. The van der Waals surface area contributed by atoms with E-state index >= 15 is 0 Å². The van der Waals surface area contributed by atoms with Crippen LogP contribution in [-0.2, 0) is 22.4 Å². The van der Waals surface area contributed by atoms with E-state index in [1.807, 2.05) is 10.7 Å². The third-order valence-electron chi connectivity index (χ3n) is 4.71. The van der Waals surface area contributed by atoms with E-state index in [-0.39, 0.29) is 18.0 Å². The van der Waals surface area contributed by atoms with Crippen LogP contribution in [0.1, 0.15) is 36.6 Å². The Labute approximate surface area is 133 Å². The zero-order chi connectivity index (χ0) is 15.8. The van der Waals surface area contributed by atoms with E-state index in [1.165, 1.54) is 6.20 Å². The molecule has 0 N–H and O–H groups in total. The van der Waals surface area contributed by atoms with Crippen LogP contribution in [0, 0.1) is 11.7 Å². The molecule has 0 bridgehead atoms. The van der Waals surface area contributed by atoms with E-state index in [1.54, 1.807) is 6.20 Å². The van der Waals surface area contributed by atoms with E-state index in [4.69, 9.17) is 4.74 Å². The van der Waals surface area contributed by atoms with Gasteiger partial charge >= 0.3 is 0 Å². The van der Waals surface area contributed by atoms with Crippen molar-refractivity contribution in [3.05, 3.63) is 35.4 Å². The average molecular weight is 315 g/mol. The fourth-order valence-corrected chi connectivity index (χ4v) is 3.57. The molecule has 4 rings (SSSR count). The average Bonchev–Trinajstić information content (AvgIpc) is 3.23. The number of hydrogen-bond acceptors (Lipinski definition) is 4. The van der Waals surface area contributed by atoms with E-state index in [0.29, 0.717) is 18.4 Å². The van der Waals surface area contributed by atoms with Gasteiger partial charge in [0.2, 0.25) is 0 Å². The van der Waals surface area contributed by atoms with E-state index in [9.17, 15) is 9.18 Å². The van der Waals surface area contributed by atoms with Gasteiger partial charge in [-0.15, -0.1) is 0 Å². The lowest BCUT2D eigenvalue weighted by Crippen LogP contribution is -2.20. The number of carbonyl (C=O) groups is 1. The quantitative estimate of drug-likeness (QED) is 0.817. The summed E-state index contributed by atoms with van der Waals surface area (Å²) in [5.41, 5.74) is 3.00. The predicted molar refractivity (Wildman–Crippen MR) is 81.2 cm³/mol. The van der Waals surface area contributed by atoms with Crippen molar-refractivity contribution in [2.75, 3.05) is 6.61 Å². The second-order valence-corrected chi connectivity index (χ2v) is 6.20. The molecule has 1 saturated heterocycles. The number of carbonyl (C=O) groups excluding carboxylic acids is 1. The molecule has 120 valence electrons. The molecule has 0 radical (unpaired) electrons. The second-order valence-electron chi connectivity index (χ2n) is 6.20. The van der Waals surface area contributed by atoms with Gasteiger partial charge in [-0.3, -0.25) is 4.98 Å². The lowest BCUT2D eigenvalue weighted by atomic mass is 10.1. The molecule has 2 atom stereocenters. The fourth-order valence-electron chi connectivity index (χ4n) is 3.57. The SMILES string of the molecule is O=CC1Cc2c(F)cnc(-c3ccnn3C3CCCCO3)c2C1. The van der Waals surface area contributed by atoms with Gasteiger partial charge in [-0.1, -0.05) is 0 Å². The monoisotopic (exact) mass is 315 g/mol. The molecular weight excluding hydrogens is 297 g/mol. The molecule has 0 amide bonds. The highest BCUT2D eigenvalue weighted by molar-refractivity contribution is 5.66. The van der Waals surface area contributed by atoms with Crippen molar-refractivity contribution in [2.24, 2.45) is 5.92 Å². The van der Waals surface area contributed by atoms with Crippen molar-refractivity contribution >= 4 is 6.29 Å². The van der Waals surface area contributed by atoms with Crippen LogP contribution in [0.4, 0.5) is 4.39 Å². The Hall–Kier alpha value is -2.08. The summed E-state index contributed by atoms with van der Waals surface area (Å²) in [6.45, 7) is 0.728. The van der Waals surface area contributed by atoms with Gasteiger partial charge in [0, 0.05) is 18.7 Å². The third-order valence-corrected chi connectivity index (χ3v) is 4.71. The molecule has 2 aromatic rings. The van der Waals surface area contributed by atoms with Gasteiger partial charge in [-0.25, -0.2) is 9.07 Å². The van der Waals surface area contributed by atoms with Crippen molar-refractivity contribution in [3.8, 4) is 11.4 Å². The summed E-state index contributed by atoms with van der Waals surface area (Å²) in [4.78, 5) is 15.4. The number of rotatable bonds is 3. The Kier molecular flexibility index (Phi) is 3.69. The number of nitrogens with zero attached hydrogens (tertiary/aromatic N) is 3. The molecule has 0 spiro atoms. The predicted octanol–water partition coefficient (Wildman–Crippen LogP) is 2.70. The Morgan fingerprint density at radius 2 is 2.17 bits per heavy atom. The maximum Gasteiger partial charge on any atom is 0.150 e. The molecule has 23 heavy (non-hydrogen) atoms. The van der Waals surface area contributed by atoms with Gasteiger partial charge in [0.05, 0.1) is 17.6 Å². The summed E-state index contributed by atoms with van der Waals surface area (Å²) in [6, 6.07) is 1.88. The molecule has 1 aliphatic heterocycles. The minimum atomic E-state index is -0.326. The zero-order valence-electron chi connectivity index (χ0n) is 12.7. The molecule has 2 unspecified atom stereocenters. The first-order valence-electron chi connectivity index (χ1n) is 8.05. The number of aldehydes is 1. The Balaban J connectivity index is 1.77. The Morgan fingerprint density at radius 3 is 2.96 bits per heavy atom. The highest BCUT2D eigenvalue weighted by atomic mass is 19.1. The van der Waals surface area contributed by atoms with Gasteiger partial charge in [-0.2, -0.15) is 5.10 Å². The minimum absolute atomic E-state index is 0.0977. The number of aromatic nitrogens is 3. The molecular formula is C17H18FN3O2. The number of halogens is 1. The third kappa shape index (κ3) is 2.47. The second kappa shape index (κ2) is 5.85.